The van der Waals surface area contributed by atoms with Gasteiger partial charge in [-0.15, -0.1) is 0 Å². The van der Waals surface area contributed by atoms with Crippen molar-refractivity contribution in [2.24, 2.45) is 0 Å². The molecule has 2 unspecified atom stereocenters. The van der Waals surface area contributed by atoms with Gasteiger partial charge >= 0.3 is 0 Å². The van der Waals surface area contributed by atoms with Crippen molar-refractivity contribution in [2.75, 3.05) is 18.0 Å². The molecule has 1 aliphatic heterocycles. The zero-order chi connectivity index (χ0) is 13.9. The largest absolute Gasteiger partial charge is 0.365 e. The predicted molar refractivity (Wildman–Crippen MR) is 87.5 cm³/mol. The molecule has 1 aliphatic rings. The summed E-state index contributed by atoms with van der Waals surface area (Å²) in [5.74, 6) is 0. The summed E-state index contributed by atoms with van der Waals surface area (Å²) in [5.41, 5.74) is 1.39. The predicted octanol–water partition coefficient (Wildman–Crippen LogP) is 3.81. The fourth-order valence-electron chi connectivity index (χ4n) is 3.27. The molecule has 1 saturated heterocycles. The topological polar surface area (TPSA) is 15.3 Å². The molecule has 0 aliphatic carbocycles. The van der Waals surface area contributed by atoms with Gasteiger partial charge in [0.15, 0.2) is 0 Å². The third kappa shape index (κ3) is 2.53. The van der Waals surface area contributed by atoms with Gasteiger partial charge in [0.25, 0.3) is 0 Å². The number of nitrogens with zero attached hydrogens (tertiary/aromatic N) is 1. The lowest BCUT2D eigenvalue weighted by atomic mass is 10.0. The van der Waals surface area contributed by atoms with E-state index in [1.807, 2.05) is 0 Å². The summed E-state index contributed by atoms with van der Waals surface area (Å²) in [5, 5.41) is 6.39. The number of hydrogen-bond acceptors (Lipinski definition) is 2. The molecule has 20 heavy (non-hydrogen) atoms. The minimum absolute atomic E-state index is 0.550. The van der Waals surface area contributed by atoms with Gasteiger partial charge in [-0.2, -0.15) is 0 Å². The lowest BCUT2D eigenvalue weighted by molar-refractivity contribution is 0.387. The Morgan fingerprint density at radius 3 is 2.80 bits per heavy atom. The van der Waals surface area contributed by atoms with Crippen LogP contribution in [0, 0.1) is 0 Å². The summed E-state index contributed by atoms with van der Waals surface area (Å²) in [6.45, 7) is 6.77. The first-order valence-electron chi connectivity index (χ1n) is 7.77. The van der Waals surface area contributed by atoms with Crippen molar-refractivity contribution in [1.29, 1.82) is 0 Å². The van der Waals surface area contributed by atoms with Crippen LogP contribution in [-0.4, -0.2) is 25.2 Å². The molecule has 2 atom stereocenters. The molecule has 2 aromatic carbocycles. The van der Waals surface area contributed by atoms with Crippen molar-refractivity contribution >= 4 is 16.5 Å². The maximum atomic E-state index is 3.68. The minimum Gasteiger partial charge on any atom is -0.365 e. The van der Waals surface area contributed by atoms with Gasteiger partial charge in [0.2, 0.25) is 0 Å². The molecule has 106 valence electrons. The van der Waals surface area contributed by atoms with Crippen molar-refractivity contribution in [1.82, 2.24) is 5.32 Å². The van der Waals surface area contributed by atoms with Crippen LogP contribution in [-0.2, 0) is 0 Å². The highest BCUT2D eigenvalue weighted by Gasteiger charge is 2.25. The first-order chi connectivity index (χ1) is 9.79. The summed E-state index contributed by atoms with van der Waals surface area (Å²) >= 11 is 0. The molecular weight excluding hydrogens is 244 g/mol. The SMILES string of the molecule is CCCC1CN(c2cccc3ccccc23)C(C)CN1. The molecule has 2 heteroatoms. The Bertz CT molecular complexity index is 573. The summed E-state index contributed by atoms with van der Waals surface area (Å²) < 4.78 is 0. The molecular formula is C18H24N2. The summed E-state index contributed by atoms with van der Waals surface area (Å²) in [4.78, 5) is 2.58. The van der Waals surface area contributed by atoms with E-state index in [9.17, 15) is 0 Å². The Morgan fingerprint density at radius 1 is 1.15 bits per heavy atom. The zero-order valence-corrected chi connectivity index (χ0v) is 12.5. The van der Waals surface area contributed by atoms with Crippen LogP contribution in [0.3, 0.4) is 0 Å². The van der Waals surface area contributed by atoms with E-state index in [1.54, 1.807) is 0 Å². The second-order valence-electron chi connectivity index (χ2n) is 5.89. The first-order valence-corrected chi connectivity index (χ1v) is 7.77. The molecule has 1 heterocycles. The highest BCUT2D eigenvalue weighted by molar-refractivity contribution is 5.94. The smallest absolute Gasteiger partial charge is 0.0449 e. The Morgan fingerprint density at radius 2 is 1.95 bits per heavy atom. The molecule has 0 aromatic heterocycles. The molecule has 0 spiro atoms. The van der Waals surface area contributed by atoms with E-state index in [2.05, 4.69) is 66.5 Å². The van der Waals surface area contributed by atoms with Gasteiger partial charge in [-0.1, -0.05) is 49.7 Å². The normalized spacial score (nSPS) is 23.2. The number of nitrogens with one attached hydrogen (secondary N) is 1. The third-order valence-corrected chi connectivity index (χ3v) is 4.36. The van der Waals surface area contributed by atoms with Crippen LogP contribution in [0.4, 0.5) is 5.69 Å². The van der Waals surface area contributed by atoms with E-state index < -0.39 is 0 Å². The van der Waals surface area contributed by atoms with Gasteiger partial charge in [-0.25, -0.2) is 0 Å². The summed E-state index contributed by atoms with van der Waals surface area (Å²) in [6, 6.07) is 16.5. The molecule has 0 saturated carbocycles. The van der Waals surface area contributed by atoms with E-state index in [0.29, 0.717) is 12.1 Å². The first kappa shape index (κ1) is 13.4. The van der Waals surface area contributed by atoms with Crippen LogP contribution in [0.2, 0.25) is 0 Å². The van der Waals surface area contributed by atoms with E-state index >= 15 is 0 Å². The van der Waals surface area contributed by atoms with Gasteiger partial charge in [0.1, 0.15) is 0 Å². The monoisotopic (exact) mass is 268 g/mol. The second-order valence-corrected chi connectivity index (χ2v) is 5.89. The molecule has 1 fully saturated rings. The van der Waals surface area contributed by atoms with Gasteiger partial charge in [0, 0.05) is 36.2 Å². The summed E-state index contributed by atoms with van der Waals surface area (Å²) in [6.07, 6.45) is 2.50. The van der Waals surface area contributed by atoms with Gasteiger partial charge < -0.3 is 10.2 Å². The fraction of sp³-hybridized carbons (Fsp3) is 0.444. The van der Waals surface area contributed by atoms with E-state index in [0.717, 1.165) is 13.1 Å². The van der Waals surface area contributed by atoms with Crippen molar-refractivity contribution in [3.05, 3.63) is 42.5 Å². The number of benzene rings is 2. The van der Waals surface area contributed by atoms with Crippen LogP contribution in [0.15, 0.2) is 42.5 Å². The molecule has 1 N–H and O–H groups in total. The van der Waals surface area contributed by atoms with Gasteiger partial charge in [-0.05, 0) is 24.8 Å². The number of rotatable bonds is 3. The van der Waals surface area contributed by atoms with Crippen molar-refractivity contribution in [3.8, 4) is 0 Å². The average molecular weight is 268 g/mol. The molecule has 0 radical (unpaired) electrons. The fourth-order valence-corrected chi connectivity index (χ4v) is 3.27. The third-order valence-electron chi connectivity index (χ3n) is 4.36. The van der Waals surface area contributed by atoms with Gasteiger partial charge in [-0.3, -0.25) is 0 Å². The summed E-state index contributed by atoms with van der Waals surface area (Å²) in [7, 11) is 0. The average Bonchev–Trinajstić information content (AvgIpc) is 2.49. The number of piperazine rings is 1. The number of hydrogen-bond donors (Lipinski definition) is 1. The molecule has 0 bridgehead atoms. The van der Waals surface area contributed by atoms with E-state index in [-0.39, 0.29) is 0 Å². The van der Waals surface area contributed by atoms with Crippen LogP contribution in [0.25, 0.3) is 10.8 Å². The van der Waals surface area contributed by atoms with Crippen LogP contribution < -0.4 is 10.2 Å². The van der Waals surface area contributed by atoms with E-state index in [1.165, 1.54) is 29.3 Å². The highest BCUT2D eigenvalue weighted by Crippen LogP contribution is 2.29. The molecule has 2 nitrogen and oxygen atoms in total. The van der Waals surface area contributed by atoms with E-state index in [4.69, 9.17) is 0 Å². The minimum atomic E-state index is 0.550. The molecule has 0 amide bonds. The Hall–Kier alpha value is -1.54. The quantitative estimate of drug-likeness (QED) is 0.910. The van der Waals surface area contributed by atoms with Crippen molar-refractivity contribution in [2.45, 2.75) is 38.8 Å². The standard InChI is InChI=1S/C18H24N2/c1-3-7-16-13-20(14(2)12-19-16)18-11-6-9-15-8-4-5-10-17(15)18/h4-6,8-11,14,16,19H,3,7,12-13H2,1-2H3. The Labute approximate surface area is 121 Å². The van der Waals surface area contributed by atoms with Crippen molar-refractivity contribution < 1.29 is 0 Å². The van der Waals surface area contributed by atoms with Gasteiger partial charge in [0.05, 0.1) is 0 Å². The molecule has 2 aromatic rings. The van der Waals surface area contributed by atoms with Crippen LogP contribution >= 0.6 is 0 Å². The van der Waals surface area contributed by atoms with Crippen LogP contribution in [0.5, 0.6) is 0 Å². The number of anilines is 1. The second kappa shape index (κ2) is 5.84. The lowest BCUT2D eigenvalue weighted by Crippen LogP contribution is -2.55. The molecule has 3 rings (SSSR count). The zero-order valence-electron chi connectivity index (χ0n) is 12.5. The lowest BCUT2D eigenvalue weighted by Gasteiger charge is -2.41. The Balaban J connectivity index is 1.96. The maximum absolute atomic E-state index is 3.68. The highest BCUT2D eigenvalue weighted by atomic mass is 15.2. The number of fused-ring (bicyclic) bond motifs is 1. The maximum Gasteiger partial charge on any atom is 0.0449 e. The van der Waals surface area contributed by atoms with Crippen LogP contribution in [0.1, 0.15) is 26.7 Å². The van der Waals surface area contributed by atoms with Crippen molar-refractivity contribution in [3.63, 3.8) is 0 Å². The Kier molecular flexibility index (Phi) is 3.93.